The highest BCUT2D eigenvalue weighted by Gasteiger charge is 2.29. The minimum absolute atomic E-state index is 0.0487. The van der Waals surface area contributed by atoms with Crippen LogP contribution in [0.2, 0.25) is 0 Å². The molecule has 111 valence electrons. The Morgan fingerprint density at radius 1 is 1.18 bits per heavy atom. The van der Waals surface area contributed by atoms with Gasteiger partial charge in [-0.3, -0.25) is 0 Å². The summed E-state index contributed by atoms with van der Waals surface area (Å²) in [6.07, 6.45) is -0.615. The first-order valence-corrected chi connectivity index (χ1v) is 7.08. The van der Waals surface area contributed by atoms with Crippen molar-refractivity contribution in [1.29, 1.82) is 0 Å². The normalized spacial score (nSPS) is 22.6. The van der Waals surface area contributed by atoms with Gasteiger partial charge in [0.15, 0.2) is 24.1 Å². The minimum atomic E-state index is -0.414. The second-order valence-corrected chi connectivity index (χ2v) is 5.29. The molecule has 2 aliphatic heterocycles. The van der Waals surface area contributed by atoms with Crippen LogP contribution < -0.4 is 10.2 Å². The Hall–Kier alpha value is -2.02. The zero-order chi connectivity index (χ0) is 15.1. The number of hydrogen-bond acceptors (Lipinski definition) is 5. The van der Waals surface area contributed by atoms with Gasteiger partial charge in [0.25, 0.3) is 0 Å². The Kier molecular flexibility index (Phi) is 3.30. The van der Waals surface area contributed by atoms with Crippen LogP contribution in [0.5, 0.6) is 17.2 Å². The number of hydrogen-bond donors (Lipinski definition) is 1. The Bertz CT molecular complexity index is 712. The number of fused-ring (bicyclic) bond motifs is 1. The van der Waals surface area contributed by atoms with Gasteiger partial charge < -0.3 is 24.0 Å². The van der Waals surface area contributed by atoms with E-state index in [4.69, 9.17) is 18.9 Å². The van der Waals surface area contributed by atoms with E-state index in [1.54, 1.807) is 19.6 Å². The third-order valence-corrected chi connectivity index (χ3v) is 3.68. The molecule has 0 amide bonds. The number of phenols is 1. The lowest BCUT2D eigenvalue weighted by molar-refractivity contribution is -0.382. The summed E-state index contributed by atoms with van der Waals surface area (Å²) in [6, 6.07) is 10.8. The molecule has 0 spiro atoms. The van der Waals surface area contributed by atoms with Gasteiger partial charge >= 0.3 is 7.48 Å². The monoisotopic (exact) mass is 297 g/mol. The predicted molar refractivity (Wildman–Crippen MR) is 79.2 cm³/mol. The van der Waals surface area contributed by atoms with Crippen molar-refractivity contribution in [3.8, 4) is 17.2 Å². The van der Waals surface area contributed by atoms with Crippen LogP contribution in [0.3, 0.4) is 0 Å². The van der Waals surface area contributed by atoms with Crippen LogP contribution >= 0.6 is 0 Å². The number of ether oxygens (including phenoxy) is 3. The van der Waals surface area contributed by atoms with E-state index < -0.39 is 6.29 Å². The zero-order valence-electron chi connectivity index (χ0n) is 12.0. The van der Waals surface area contributed by atoms with Crippen molar-refractivity contribution in [2.75, 3.05) is 0 Å². The van der Waals surface area contributed by atoms with Gasteiger partial charge in [-0.25, -0.2) is 0 Å². The van der Waals surface area contributed by atoms with Crippen molar-refractivity contribution in [3.05, 3.63) is 47.5 Å². The summed E-state index contributed by atoms with van der Waals surface area (Å²) in [5.74, 6) is 1.09. The van der Waals surface area contributed by atoms with Gasteiger partial charge in [-0.05, 0) is 48.3 Å². The Morgan fingerprint density at radius 2 is 2.05 bits per heavy atom. The summed E-state index contributed by atoms with van der Waals surface area (Å²) in [6.45, 7) is 2.37. The van der Waals surface area contributed by atoms with Crippen molar-refractivity contribution in [3.63, 3.8) is 0 Å². The molecule has 2 heterocycles. The average molecular weight is 297 g/mol. The summed E-state index contributed by atoms with van der Waals surface area (Å²) < 4.78 is 21.8. The molecule has 2 aromatic rings. The molecule has 4 rings (SSSR count). The molecule has 0 bridgehead atoms. The first kappa shape index (κ1) is 13.6. The van der Waals surface area contributed by atoms with Gasteiger partial charge in [-0.15, -0.1) is 0 Å². The molecule has 22 heavy (non-hydrogen) atoms. The molecule has 0 unspecified atom stereocenters. The van der Waals surface area contributed by atoms with Crippen LogP contribution in [0.15, 0.2) is 36.4 Å². The van der Waals surface area contributed by atoms with E-state index in [1.807, 2.05) is 31.2 Å². The van der Waals surface area contributed by atoms with Crippen molar-refractivity contribution in [1.82, 2.24) is 0 Å². The zero-order valence-corrected chi connectivity index (χ0v) is 12.0. The largest absolute Gasteiger partial charge is 0.504 e. The number of rotatable bonds is 3. The summed E-state index contributed by atoms with van der Waals surface area (Å²) in [5.41, 5.74) is 2.89. The molecule has 0 aliphatic carbocycles. The molecule has 1 radical (unpaired) electrons. The second kappa shape index (κ2) is 5.32. The fourth-order valence-electron chi connectivity index (χ4n) is 2.52. The number of benzene rings is 2. The molecule has 1 fully saturated rings. The van der Waals surface area contributed by atoms with Gasteiger partial charge in [0.05, 0.1) is 6.61 Å². The van der Waals surface area contributed by atoms with E-state index in [1.165, 1.54) is 0 Å². The van der Waals surface area contributed by atoms with Gasteiger partial charge in [0, 0.05) is 5.56 Å². The van der Waals surface area contributed by atoms with E-state index in [9.17, 15) is 5.11 Å². The summed E-state index contributed by atoms with van der Waals surface area (Å²) in [4.78, 5) is 0. The Morgan fingerprint density at radius 3 is 2.82 bits per heavy atom. The van der Waals surface area contributed by atoms with Crippen LogP contribution in [-0.2, 0) is 20.7 Å². The first-order chi connectivity index (χ1) is 10.7. The maximum atomic E-state index is 10.1. The lowest BCUT2D eigenvalue weighted by Crippen LogP contribution is -2.31. The Balaban J connectivity index is 1.53. The molecular formula is C16H14BO5. The molecule has 0 saturated carbocycles. The van der Waals surface area contributed by atoms with E-state index in [-0.39, 0.29) is 12.0 Å². The van der Waals surface area contributed by atoms with Crippen LogP contribution in [0.4, 0.5) is 0 Å². The van der Waals surface area contributed by atoms with E-state index in [0.717, 1.165) is 16.6 Å². The van der Waals surface area contributed by atoms with Gasteiger partial charge in [0.2, 0.25) is 0 Å². The molecule has 2 aromatic carbocycles. The summed E-state index contributed by atoms with van der Waals surface area (Å²) in [7, 11) is 1.73. The number of phenolic OH excluding ortho intramolecular Hbond substituents is 1. The van der Waals surface area contributed by atoms with Gasteiger partial charge in [-0.1, -0.05) is 6.07 Å². The highest BCUT2D eigenvalue weighted by molar-refractivity contribution is 6.48. The summed E-state index contributed by atoms with van der Waals surface area (Å²) in [5, 5.41) is 10.1. The third kappa shape index (κ3) is 2.45. The quantitative estimate of drug-likeness (QED) is 0.881. The molecule has 5 nitrogen and oxygen atoms in total. The average Bonchev–Trinajstić information content (AvgIpc) is 2.94. The topological polar surface area (TPSA) is 57.2 Å². The van der Waals surface area contributed by atoms with Crippen LogP contribution in [-0.4, -0.2) is 18.9 Å². The van der Waals surface area contributed by atoms with Crippen molar-refractivity contribution in [2.24, 2.45) is 0 Å². The standard InChI is InChI=1S/C16H14BO5/c1-9-20-16(21-9)10-2-5-15(14(18)7-10)22-12-3-4-13-11(6-12)8-19-17-13/h2-7,9,16,18H,8H2,1H3. The van der Waals surface area contributed by atoms with Crippen molar-refractivity contribution < 1.29 is 24.0 Å². The fraction of sp³-hybridized carbons (Fsp3) is 0.250. The van der Waals surface area contributed by atoms with E-state index >= 15 is 0 Å². The molecule has 1 saturated heterocycles. The second-order valence-electron chi connectivity index (χ2n) is 5.29. The van der Waals surface area contributed by atoms with Crippen LogP contribution in [0, 0.1) is 0 Å². The molecular weight excluding hydrogens is 283 g/mol. The molecule has 0 aromatic heterocycles. The molecule has 1 N–H and O–H groups in total. The highest BCUT2D eigenvalue weighted by Crippen LogP contribution is 2.37. The maximum Gasteiger partial charge on any atom is 0.330 e. The summed E-state index contributed by atoms with van der Waals surface area (Å²) >= 11 is 0. The number of aromatic hydroxyl groups is 1. The minimum Gasteiger partial charge on any atom is -0.504 e. The molecule has 2 aliphatic rings. The molecule has 6 heteroatoms. The fourth-order valence-corrected chi connectivity index (χ4v) is 2.52. The van der Waals surface area contributed by atoms with Crippen molar-refractivity contribution >= 4 is 12.9 Å². The van der Waals surface area contributed by atoms with Crippen molar-refractivity contribution in [2.45, 2.75) is 26.1 Å². The van der Waals surface area contributed by atoms with Crippen LogP contribution in [0.25, 0.3) is 0 Å². The third-order valence-electron chi connectivity index (χ3n) is 3.68. The Labute approximate surface area is 128 Å². The maximum absolute atomic E-state index is 10.1. The predicted octanol–water partition coefficient (Wildman–Crippen LogP) is 2.35. The highest BCUT2D eigenvalue weighted by atomic mass is 16.9. The first-order valence-electron chi connectivity index (χ1n) is 7.08. The van der Waals surface area contributed by atoms with Gasteiger partial charge in [-0.2, -0.15) is 0 Å². The lowest BCUT2D eigenvalue weighted by atomic mass is 9.87. The lowest BCUT2D eigenvalue weighted by Gasteiger charge is -2.33. The van der Waals surface area contributed by atoms with Gasteiger partial charge in [0.1, 0.15) is 5.75 Å². The van der Waals surface area contributed by atoms with E-state index in [2.05, 4.69) is 0 Å². The smallest absolute Gasteiger partial charge is 0.330 e. The van der Waals surface area contributed by atoms with Crippen LogP contribution in [0.1, 0.15) is 24.3 Å². The SMILES string of the molecule is CC1OC(c2ccc(Oc3ccc4c(c3)CO[B]4)c(O)c2)O1. The van der Waals surface area contributed by atoms with E-state index in [0.29, 0.717) is 18.1 Å². The molecule has 0 atom stereocenters.